The number of esters is 1. The van der Waals surface area contributed by atoms with Gasteiger partial charge in [0.15, 0.2) is 5.60 Å². The van der Waals surface area contributed by atoms with E-state index in [1.807, 2.05) is 0 Å². The maximum atomic E-state index is 14.9. The van der Waals surface area contributed by atoms with Crippen LogP contribution in [0.25, 0.3) is 22.3 Å². The van der Waals surface area contributed by atoms with Gasteiger partial charge in [0.1, 0.15) is 24.5 Å². The molecule has 6 rings (SSSR count). The number of sulfone groups is 1. The number of cyclic esters (lactones) is 1. The Labute approximate surface area is 397 Å². The number of amides is 4. The van der Waals surface area contributed by atoms with Gasteiger partial charge in [-0.1, -0.05) is 44.5 Å². The molecule has 3 atom stereocenters. The summed E-state index contributed by atoms with van der Waals surface area (Å²) in [5.41, 5.74) is 6.04. The Hall–Kier alpha value is -7.07. The molecule has 0 fully saturated rings. The first-order valence-electron chi connectivity index (χ1n) is 22.4. The predicted molar refractivity (Wildman–Crippen MR) is 250 cm³/mol. The second-order valence-corrected chi connectivity index (χ2v) is 19.1. The van der Waals surface area contributed by atoms with Gasteiger partial charge < -0.3 is 41.4 Å². The lowest BCUT2D eigenvalue weighted by Gasteiger charge is -2.31. The van der Waals surface area contributed by atoms with Crippen LogP contribution >= 0.6 is 0 Å². The summed E-state index contributed by atoms with van der Waals surface area (Å²) in [7, 11) is -3.54. The lowest BCUT2D eigenvalue weighted by molar-refractivity contribution is -0.172. The molecule has 5 heterocycles. The van der Waals surface area contributed by atoms with Crippen molar-refractivity contribution < 1.29 is 46.6 Å². The maximum absolute atomic E-state index is 14.9. The number of nitrogens with one attached hydrogen (secondary N) is 4. The molecule has 0 radical (unpaired) electrons. The van der Waals surface area contributed by atoms with Crippen LogP contribution in [0.3, 0.4) is 0 Å². The van der Waals surface area contributed by atoms with Crippen LogP contribution < -0.4 is 32.6 Å². The summed E-state index contributed by atoms with van der Waals surface area (Å²) in [6.07, 6.45) is 5.55. The van der Waals surface area contributed by atoms with Crippen LogP contribution in [0.5, 0.6) is 0 Å². The van der Waals surface area contributed by atoms with Gasteiger partial charge >= 0.3 is 5.97 Å². The van der Waals surface area contributed by atoms with Crippen LogP contribution in [0.1, 0.15) is 99.1 Å². The number of carbonyl (C=O) groups excluding carboxylic acids is 5. The number of hydrogen-bond acceptors (Lipinski definition) is 14. The van der Waals surface area contributed by atoms with E-state index >= 15 is 0 Å². The highest BCUT2D eigenvalue weighted by Crippen LogP contribution is 2.40. The number of fused-ring (bicyclic) bond motifs is 5. The van der Waals surface area contributed by atoms with Gasteiger partial charge in [-0.05, 0) is 69.2 Å². The average Bonchev–Trinajstić information content (AvgIpc) is 3.68. The molecule has 0 bridgehead atoms. The first kappa shape index (κ1) is 51.3. The van der Waals surface area contributed by atoms with Gasteiger partial charge in [0.05, 0.1) is 47.7 Å². The molecule has 4 aromatic rings. The number of carbonyl (C=O) groups is 5. The van der Waals surface area contributed by atoms with E-state index in [-0.39, 0.29) is 66.7 Å². The number of ether oxygens (including phenoxy) is 1. The van der Waals surface area contributed by atoms with Gasteiger partial charge in [0.25, 0.3) is 5.56 Å². The molecule has 3 aromatic heterocycles. The molecule has 0 aliphatic carbocycles. The largest absolute Gasteiger partial charge is 0.458 e. The molecule has 364 valence electrons. The van der Waals surface area contributed by atoms with E-state index in [1.165, 1.54) is 23.0 Å². The third-order valence-corrected chi connectivity index (χ3v) is 12.6. The second kappa shape index (κ2) is 21.9. The topological polar surface area (TPSA) is 284 Å². The normalized spacial score (nSPS) is 15.5. The average molecular weight is 968 g/mol. The number of unbranched alkanes of at least 4 members (excludes halogenated alkanes) is 2. The molecule has 0 saturated heterocycles. The summed E-state index contributed by atoms with van der Waals surface area (Å²) in [5.74, 6) is 7.75. The van der Waals surface area contributed by atoms with Gasteiger partial charge in [0.2, 0.25) is 38.6 Å². The molecule has 0 spiro atoms. The van der Waals surface area contributed by atoms with Crippen molar-refractivity contribution in [3.8, 4) is 35.1 Å². The van der Waals surface area contributed by atoms with Gasteiger partial charge in [-0.2, -0.15) is 0 Å². The number of rotatable bonds is 17. The summed E-state index contributed by atoms with van der Waals surface area (Å²) in [5, 5.41) is 22.1. The fourth-order valence-corrected chi connectivity index (χ4v) is 8.35. The van der Waals surface area contributed by atoms with E-state index in [2.05, 4.69) is 54.9 Å². The highest BCUT2D eigenvalue weighted by atomic mass is 32.2. The van der Waals surface area contributed by atoms with Crippen molar-refractivity contribution >= 4 is 50.3 Å². The zero-order chi connectivity index (χ0) is 50.2. The van der Waals surface area contributed by atoms with Crippen molar-refractivity contribution in [2.75, 3.05) is 25.9 Å². The zero-order valence-corrected chi connectivity index (χ0v) is 39.7. The second-order valence-electron chi connectivity index (χ2n) is 17.1. The van der Waals surface area contributed by atoms with Crippen LogP contribution in [-0.4, -0.2) is 101 Å². The Bertz CT molecular complexity index is 3010. The number of aromatic nitrogens is 4. The number of nitrogens with two attached hydrogens (primary N) is 1. The van der Waals surface area contributed by atoms with Gasteiger partial charge in [0, 0.05) is 59.6 Å². The minimum Gasteiger partial charge on any atom is -0.458 e. The van der Waals surface area contributed by atoms with Gasteiger partial charge in [-0.25, -0.2) is 32.6 Å². The molecule has 2 aliphatic rings. The monoisotopic (exact) mass is 967 g/mol. The molecule has 0 unspecified atom stereocenters. The number of hydrogen-bond donors (Lipinski definition) is 6. The Balaban J connectivity index is 1.07. The highest BCUT2D eigenvalue weighted by Gasteiger charge is 2.45. The number of aliphatic hydroxyl groups is 1. The molecule has 4 amide bonds. The minimum atomic E-state index is -3.54. The van der Waals surface area contributed by atoms with Crippen molar-refractivity contribution in [3.05, 3.63) is 80.1 Å². The number of pyridine rings is 2. The smallest absolute Gasteiger partial charge is 0.343 e. The summed E-state index contributed by atoms with van der Waals surface area (Å²) >= 11 is 0. The lowest BCUT2D eigenvalue weighted by Crippen LogP contribution is -2.56. The molecule has 69 heavy (non-hydrogen) atoms. The van der Waals surface area contributed by atoms with Crippen molar-refractivity contribution in [1.82, 2.24) is 40.8 Å². The summed E-state index contributed by atoms with van der Waals surface area (Å²) in [6, 6.07) is 2.37. The van der Waals surface area contributed by atoms with E-state index in [1.54, 1.807) is 39.8 Å². The van der Waals surface area contributed by atoms with Crippen molar-refractivity contribution in [3.63, 3.8) is 0 Å². The van der Waals surface area contributed by atoms with Crippen LogP contribution in [-0.2, 0) is 57.3 Å². The summed E-state index contributed by atoms with van der Waals surface area (Å²) < 4.78 is 44.7. The number of aryl methyl sites for hydroxylation is 1. The maximum Gasteiger partial charge on any atom is 0.343 e. The van der Waals surface area contributed by atoms with Crippen LogP contribution in [0.4, 0.5) is 4.39 Å². The molecule has 19 nitrogen and oxygen atoms in total. The third kappa shape index (κ3) is 11.8. The van der Waals surface area contributed by atoms with Crippen molar-refractivity contribution in [1.29, 1.82) is 0 Å². The predicted octanol–water partition coefficient (Wildman–Crippen LogP) is 1.28. The van der Waals surface area contributed by atoms with E-state index in [0.29, 0.717) is 71.3 Å². The molecule has 2 aliphatic heterocycles. The van der Waals surface area contributed by atoms with Crippen LogP contribution in [0, 0.1) is 42.3 Å². The Morgan fingerprint density at radius 3 is 2.41 bits per heavy atom. The van der Waals surface area contributed by atoms with E-state index in [4.69, 9.17) is 15.5 Å². The highest BCUT2D eigenvalue weighted by molar-refractivity contribution is 7.90. The molecule has 7 N–H and O–H groups in total. The van der Waals surface area contributed by atoms with Crippen molar-refractivity contribution in [2.45, 2.75) is 109 Å². The van der Waals surface area contributed by atoms with E-state index in [9.17, 15) is 46.7 Å². The molecule has 0 saturated carbocycles. The number of nitrogens with zero attached hydrogens (tertiary/aromatic N) is 4. The first-order chi connectivity index (χ1) is 32.8. The Morgan fingerprint density at radius 1 is 0.986 bits per heavy atom. The SMILES string of the molecule is CC[C@@]1(O)C(=O)OCc2c1cc1n(c2=O)Cc2c-1nc1cc(F)c(C)cc1c2C#CCNC(=O)CNC(=O)[C@H](CCCCN)NC(=O)[C@@H](NC(=O)CCCC#Cc1cnc(S(C)(=O)=O)nc1)C(C)C. The van der Waals surface area contributed by atoms with Gasteiger partial charge in [-0.3, -0.25) is 24.0 Å². The lowest BCUT2D eigenvalue weighted by atomic mass is 9.86. The summed E-state index contributed by atoms with van der Waals surface area (Å²) in [6.45, 7) is 6.12. The number of halogens is 1. The molecule has 21 heteroatoms. The van der Waals surface area contributed by atoms with Crippen molar-refractivity contribution in [2.24, 2.45) is 11.7 Å². The number of benzene rings is 1. The molecular weight excluding hydrogens is 914 g/mol. The fraction of sp³-hybridized carbons (Fsp3) is 0.438. The zero-order valence-electron chi connectivity index (χ0n) is 38.9. The Morgan fingerprint density at radius 2 is 1.72 bits per heavy atom. The summed E-state index contributed by atoms with van der Waals surface area (Å²) in [4.78, 5) is 91.6. The van der Waals surface area contributed by atoms with E-state index in [0.717, 1.165) is 6.26 Å². The minimum absolute atomic E-state index is 0.0345. The quantitative estimate of drug-likeness (QED) is 0.0332. The third-order valence-electron chi connectivity index (χ3n) is 11.7. The van der Waals surface area contributed by atoms with Crippen LogP contribution in [0.2, 0.25) is 0 Å². The fourth-order valence-electron chi connectivity index (χ4n) is 7.86. The van der Waals surface area contributed by atoms with E-state index < -0.39 is 75.0 Å². The molecule has 1 aromatic carbocycles. The van der Waals surface area contributed by atoms with Gasteiger partial charge in [-0.15, -0.1) is 0 Å². The first-order valence-corrected chi connectivity index (χ1v) is 24.3. The van der Waals surface area contributed by atoms with Crippen LogP contribution in [0.15, 0.2) is 40.5 Å². The molecular formula is C48H54FN9O10S. The Kier molecular flexibility index (Phi) is 16.3. The standard InChI is InChI=1S/C48H54FN9O10S/c1-6-48(65)34-20-38-42-32(25-58(38)45(63)33(34)26-68-46(48)64)30(31-19-28(4)35(49)21-37(31)55-42)14-12-18-51-40(60)24-52-43(61)36(15-10-11-17-50)56-44(62)41(27(2)3)57-39(59)16-9-7-8-13-29-22-53-47(54-23-29)69(5,66)67/h19-23,27,36,41,65H,6-7,9-11,15-18,24-26,50H2,1-5H3,(H,51,60)(H,52,61)(H,56,62)(H,57,59)/t36-,41-,48-/m0/s1.